The summed E-state index contributed by atoms with van der Waals surface area (Å²) < 4.78 is 51.9. The monoisotopic (exact) mass is 419 g/mol. The van der Waals surface area contributed by atoms with Crippen LogP contribution in [0, 0.1) is 5.82 Å². The molecule has 28 heavy (non-hydrogen) atoms. The van der Waals surface area contributed by atoms with E-state index in [4.69, 9.17) is 11.6 Å². The fourth-order valence-electron chi connectivity index (χ4n) is 2.68. The van der Waals surface area contributed by atoms with Gasteiger partial charge >= 0.3 is 12.2 Å². The number of hydrogen-bond donors (Lipinski definition) is 3. The van der Waals surface area contributed by atoms with Crippen LogP contribution in [0.2, 0.25) is 5.02 Å². The molecule has 0 aliphatic carbocycles. The van der Waals surface area contributed by atoms with E-state index >= 15 is 0 Å². The van der Waals surface area contributed by atoms with E-state index in [1.165, 1.54) is 18.2 Å². The minimum atomic E-state index is -4.47. The summed E-state index contributed by atoms with van der Waals surface area (Å²) in [5, 5.41) is 11.1. The van der Waals surface area contributed by atoms with Crippen LogP contribution in [0.25, 0.3) is 0 Å². The average Bonchev–Trinajstić information content (AvgIpc) is 3.23. The fraction of sp³-hybridized carbons (Fsp3) is 0.312. The van der Waals surface area contributed by atoms with E-state index in [0.717, 1.165) is 12.3 Å². The van der Waals surface area contributed by atoms with Gasteiger partial charge in [0.05, 0.1) is 16.8 Å². The van der Waals surface area contributed by atoms with Crippen molar-refractivity contribution in [3.05, 3.63) is 52.6 Å². The van der Waals surface area contributed by atoms with E-state index in [1.807, 2.05) is 0 Å². The van der Waals surface area contributed by atoms with Gasteiger partial charge in [0.25, 0.3) is 0 Å². The molecule has 0 unspecified atom stereocenters. The van der Waals surface area contributed by atoms with E-state index in [2.05, 4.69) is 21.0 Å². The second kappa shape index (κ2) is 7.66. The number of carbonyl (C=O) groups excluding carboxylic acids is 2. The highest BCUT2D eigenvalue weighted by molar-refractivity contribution is 6.30. The summed E-state index contributed by atoms with van der Waals surface area (Å²) in [6, 6.07) is 2.56. The molecule has 0 saturated carbocycles. The normalized spacial score (nSPS) is 17.8. The minimum absolute atomic E-state index is 0.0457. The van der Waals surface area contributed by atoms with Gasteiger partial charge in [-0.15, -0.1) is 0 Å². The highest BCUT2D eigenvalue weighted by Gasteiger charge is 2.31. The molecule has 3 amide bonds. The highest BCUT2D eigenvalue weighted by Crippen LogP contribution is 2.26. The molecular formula is C16H14ClF4N5O2. The summed E-state index contributed by atoms with van der Waals surface area (Å²) in [6.45, 7) is -1.26. The van der Waals surface area contributed by atoms with Crippen LogP contribution >= 0.6 is 11.6 Å². The van der Waals surface area contributed by atoms with Gasteiger partial charge in [-0.05, 0) is 23.8 Å². The van der Waals surface area contributed by atoms with Crippen LogP contribution < -0.4 is 16.0 Å². The molecule has 0 radical (unpaired) electrons. The van der Waals surface area contributed by atoms with Crippen LogP contribution in [0.15, 0.2) is 30.5 Å². The lowest BCUT2D eigenvalue weighted by molar-refractivity contribution is -0.142. The molecule has 1 aliphatic heterocycles. The number of halogens is 5. The lowest BCUT2D eigenvalue weighted by atomic mass is 10.0. The Bertz CT molecular complexity index is 901. The van der Waals surface area contributed by atoms with E-state index in [9.17, 15) is 27.2 Å². The Morgan fingerprint density at radius 3 is 2.75 bits per heavy atom. The molecule has 3 N–H and O–H groups in total. The van der Waals surface area contributed by atoms with E-state index in [1.54, 1.807) is 0 Å². The summed E-state index contributed by atoms with van der Waals surface area (Å²) >= 11 is 5.79. The maximum Gasteiger partial charge on any atom is 0.408 e. The second-order valence-corrected chi connectivity index (χ2v) is 6.48. The van der Waals surface area contributed by atoms with Crippen LogP contribution in [-0.4, -0.2) is 40.5 Å². The molecule has 0 spiro atoms. The summed E-state index contributed by atoms with van der Waals surface area (Å²) in [4.78, 5) is 23.7. The van der Waals surface area contributed by atoms with Crippen molar-refractivity contribution in [1.82, 2.24) is 25.7 Å². The number of alkyl halides is 3. The number of benzene rings is 1. The summed E-state index contributed by atoms with van der Waals surface area (Å²) in [5.74, 6) is -1.28. The van der Waals surface area contributed by atoms with Crippen molar-refractivity contribution in [2.75, 3.05) is 6.54 Å². The first kappa shape index (κ1) is 19.9. The number of urea groups is 1. The summed E-state index contributed by atoms with van der Waals surface area (Å²) in [6.07, 6.45) is -3.35. The van der Waals surface area contributed by atoms with E-state index in [0.29, 0.717) is 10.2 Å². The Morgan fingerprint density at radius 2 is 2.14 bits per heavy atom. The number of aromatic nitrogens is 2. The molecular weight excluding hydrogens is 406 g/mol. The van der Waals surface area contributed by atoms with Gasteiger partial charge in [-0.1, -0.05) is 17.7 Å². The largest absolute Gasteiger partial charge is 0.408 e. The molecule has 7 nitrogen and oxygen atoms in total. The van der Waals surface area contributed by atoms with Crippen LogP contribution in [-0.2, 0) is 11.3 Å². The topological polar surface area (TPSA) is 88.1 Å². The van der Waals surface area contributed by atoms with E-state index in [-0.39, 0.29) is 17.3 Å². The van der Waals surface area contributed by atoms with Gasteiger partial charge in [-0.25, -0.2) is 9.18 Å². The predicted octanol–water partition coefficient (Wildman–Crippen LogP) is 2.12. The Hall–Kier alpha value is -2.82. The van der Waals surface area contributed by atoms with Crippen LogP contribution in [0.5, 0.6) is 0 Å². The smallest absolute Gasteiger partial charge is 0.342 e. The zero-order chi connectivity index (χ0) is 20.5. The fourth-order valence-corrected chi connectivity index (χ4v) is 2.87. The van der Waals surface area contributed by atoms with Crippen molar-refractivity contribution in [3.8, 4) is 0 Å². The molecule has 150 valence electrons. The van der Waals surface area contributed by atoms with Gasteiger partial charge in [0.2, 0.25) is 5.91 Å². The number of nitrogens with zero attached hydrogens (tertiary/aromatic N) is 2. The first-order chi connectivity index (χ1) is 13.1. The molecule has 1 aliphatic rings. The van der Waals surface area contributed by atoms with Crippen molar-refractivity contribution in [1.29, 1.82) is 0 Å². The van der Waals surface area contributed by atoms with Gasteiger partial charge in [0, 0.05) is 12.7 Å². The molecule has 3 rings (SSSR count). The lowest BCUT2D eigenvalue weighted by Crippen LogP contribution is -2.44. The molecule has 2 aromatic rings. The van der Waals surface area contributed by atoms with E-state index < -0.39 is 42.6 Å². The van der Waals surface area contributed by atoms with Crippen LogP contribution in [0.1, 0.15) is 17.3 Å². The zero-order valence-electron chi connectivity index (χ0n) is 14.1. The Labute approximate surface area is 161 Å². The maximum atomic E-state index is 13.5. The highest BCUT2D eigenvalue weighted by atomic mass is 35.5. The first-order valence-corrected chi connectivity index (χ1v) is 8.40. The Kier molecular flexibility index (Phi) is 5.45. The first-order valence-electron chi connectivity index (χ1n) is 8.02. The zero-order valence-corrected chi connectivity index (χ0v) is 14.8. The molecule has 0 bridgehead atoms. The summed E-state index contributed by atoms with van der Waals surface area (Å²) in [7, 11) is 0. The number of hydrogen-bond acceptors (Lipinski definition) is 3. The van der Waals surface area contributed by atoms with Gasteiger partial charge in [-0.3, -0.25) is 9.48 Å². The van der Waals surface area contributed by atoms with Gasteiger partial charge < -0.3 is 16.0 Å². The summed E-state index contributed by atoms with van der Waals surface area (Å²) in [5.41, 5.74) is 0.409. The predicted molar refractivity (Wildman–Crippen MR) is 90.0 cm³/mol. The van der Waals surface area contributed by atoms with Gasteiger partial charge in [-0.2, -0.15) is 18.3 Å². The van der Waals surface area contributed by atoms with Gasteiger partial charge in [0.1, 0.15) is 18.4 Å². The number of nitrogens with one attached hydrogen (secondary N) is 3. The van der Waals surface area contributed by atoms with Gasteiger partial charge in [0.15, 0.2) is 0 Å². The van der Waals surface area contributed by atoms with Crippen molar-refractivity contribution in [2.24, 2.45) is 0 Å². The Balaban J connectivity index is 1.89. The quantitative estimate of drug-likeness (QED) is 0.649. The third-order valence-corrected chi connectivity index (χ3v) is 4.24. The molecule has 1 saturated heterocycles. The van der Waals surface area contributed by atoms with Crippen molar-refractivity contribution < 1.29 is 27.2 Å². The Morgan fingerprint density at radius 1 is 1.39 bits per heavy atom. The van der Waals surface area contributed by atoms with Crippen LogP contribution in [0.4, 0.5) is 22.4 Å². The van der Waals surface area contributed by atoms with Crippen molar-refractivity contribution >= 4 is 23.5 Å². The minimum Gasteiger partial charge on any atom is -0.342 e. The number of rotatable bonds is 5. The molecule has 2 atom stereocenters. The molecule has 12 heteroatoms. The third-order valence-electron chi connectivity index (χ3n) is 3.95. The second-order valence-electron chi connectivity index (χ2n) is 6.08. The number of carbonyl (C=O) groups is 2. The third kappa shape index (κ3) is 4.71. The van der Waals surface area contributed by atoms with Crippen molar-refractivity contribution in [3.63, 3.8) is 0 Å². The lowest BCUT2D eigenvalue weighted by Gasteiger charge is -2.20. The number of amides is 3. The maximum absolute atomic E-state index is 13.5. The van der Waals surface area contributed by atoms with Crippen LogP contribution in [0.3, 0.4) is 0 Å². The molecule has 1 aromatic carbocycles. The molecule has 1 aromatic heterocycles. The molecule has 2 heterocycles. The van der Waals surface area contributed by atoms with Crippen molar-refractivity contribution in [2.45, 2.75) is 24.8 Å². The standard InChI is InChI=1S/C16H14ClF4N5O2/c17-9-5-8(1-2-10(9)18)13(24-14(27)12-6-22-15(28)23-12)11-3-4-26(25-11)7-16(19,20)21/h1-5,12-13H,6-7H2,(H,24,27)(H2,22,23,28)/t12-,13+/m0/s1. The average molecular weight is 420 g/mol. The SMILES string of the molecule is O=C1NC[C@@H](C(=O)N[C@H](c2ccc(F)c(Cl)c2)c2ccn(CC(F)(F)F)n2)N1. The molecule has 1 fully saturated rings.